The minimum atomic E-state index is -4.26. The molecule has 18 heavy (non-hydrogen) atoms. The second kappa shape index (κ2) is 5.00. The summed E-state index contributed by atoms with van der Waals surface area (Å²) in [5.41, 5.74) is 1.67. The van der Waals surface area contributed by atoms with Gasteiger partial charge in [0.15, 0.2) is 0 Å². The van der Waals surface area contributed by atoms with E-state index in [4.69, 9.17) is 0 Å². The van der Waals surface area contributed by atoms with Crippen LogP contribution in [0.2, 0.25) is 0 Å². The van der Waals surface area contributed by atoms with E-state index >= 15 is 0 Å². The van der Waals surface area contributed by atoms with Gasteiger partial charge in [-0.05, 0) is 18.1 Å². The zero-order valence-corrected chi connectivity index (χ0v) is 9.76. The van der Waals surface area contributed by atoms with E-state index in [1.807, 2.05) is 12.1 Å². The summed E-state index contributed by atoms with van der Waals surface area (Å²) in [5, 5.41) is 3.15. The molecule has 2 nitrogen and oxygen atoms in total. The second-order valence-electron chi connectivity index (χ2n) is 4.44. The normalized spacial score (nSPS) is 18.9. The van der Waals surface area contributed by atoms with Crippen molar-refractivity contribution >= 4 is 11.5 Å². The molecule has 1 aliphatic rings. The first-order valence-electron chi connectivity index (χ1n) is 5.89. The van der Waals surface area contributed by atoms with Crippen molar-refractivity contribution in [3.8, 4) is 0 Å². The Balaban J connectivity index is 2.08. The molecule has 0 aliphatic carbocycles. The van der Waals surface area contributed by atoms with Crippen molar-refractivity contribution < 1.29 is 18.0 Å². The molecule has 1 unspecified atom stereocenters. The highest BCUT2D eigenvalue weighted by Crippen LogP contribution is 2.34. The number of anilines is 1. The third-order valence-electron chi connectivity index (χ3n) is 3.13. The van der Waals surface area contributed by atoms with Crippen LogP contribution < -0.4 is 5.32 Å². The number of hydrogen-bond acceptors (Lipinski definition) is 2. The zero-order valence-electron chi connectivity index (χ0n) is 9.76. The van der Waals surface area contributed by atoms with Crippen LogP contribution in [0.1, 0.15) is 30.7 Å². The van der Waals surface area contributed by atoms with Gasteiger partial charge in [0.25, 0.3) is 0 Å². The van der Waals surface area contributed by atoms with Crippen molar-refractivity contribution in [3.63, 3.8) is 0 Å². The van der Waals surface area contributed by atoms with Crippen LogP contribution >= 0.6 is 0 Å². The number of nitrogens with one attached hydrogen (secondary N) is 1. The van der Waals surface area contributed by atoms with Crippen molar-refractivity contribution in [2.24, 2.45) is 0 Å². The third kappa shape index (κ3) is 3.03. The van der Waals surface area contributed by atoms with Crippen molar-refractivity contribution in [2.45, 2.75) is 31.4 Å². The highest BCUT2D eigenvalue weighted by molar-refractivity contribution is 5.88. The number of alkyl halides is 3. The van der Waals surface area contributed by atoms with Crippen molar-refractivity contribution in [1.82, 2.24) is 0 Å². The van der Waals surface area contributed by atoms with Gasteiger partial charge in [0.2, 0.25) is 0 Å². The van der Waals surface area contributed by atoms with Gasteiger partial charge in [0.05, 0.1) is 6.42 Å². The number of carbonyl (C=O) groups is 1. The van der Waals surface area contributed by atoms with E-state index in [1.54, 1.807) is 12.1 Å². The number of halogens is 3. The summed E-state index contributed by atoms with van der Waals surface area (Å²) in [5.74, 6) is -0.717. The van der Waals surface area contributed by atoms with Gasteiger partial charge in [-0.2, -0.15) is 13.2 Å². The Labute approximate surface area is 103 Å². The highest BCUT2D eigenvalue weighted by atomic mass is 19.4. The Morgan fingerprint density at radius 1 is 1.33 bits per heavy atom. The number of ketones is 1. The maximum Gasteiger partial charge on any atom is 0.389 e. The third-order valence-corrected chi connectivity index (χ3v) is 3.13. The van der Waals surface area contributed by atoms with Crippen LogP contribution in [0, 0.1) is 0 Å². The predicted molar refractivity (Wildman–Crippen MR) is 62.6 cm³/mol. The molecular formula is C13H14F3NO. The molecule has 0 saturated carbocycles. The minimum Gasteiger partial charge on any atom is -0.385 e. The van der Waals surface area contributed by atoms with Crippen molar-refractivity contribution in [1.29, 1.82) is 0 Å². The van der Waals surface area contributed by atoms with E-state index < -0.39 is 24.9 Å². The lowest BCUT2D eigenvalue weighted by Crippen LogP contribution is -2.24. The van der Waals surface area contributed by atoms with Crippen LogP contribution in [-0.4, -0.2) is 18.5 Å². The number of hydrogen-bond donors (Lipinski definition) is 1. The zero-order chi connectivity index (χ0) is 13.2. The van der Waals surface area contributed by atoms with Crippen LogP contribution in [0.25, 0.3) is 0 Å². The quantitative estimate of drug-likeness (QED) is 0.898. The SMILES string of the molecule is O=C(CCC(F)(F)F)C1CCNc2ccccc21. The molecule has 5 heteroatoms. The fourth-order valence-electron chi connectivity index (χ4n) is 2.24. The summed E-state index contributed by atoms with van der Waals surface area (Å²) < 4.78 is 36.3. The summed E-state index contributed by atoms with van der Waals surface area (Å²) in [7, 11) is 0. The van der Waals surface area contributed by atoms with Gasteiger partial charge in [-0.1, -0.05) is 18.2 Å². The molecule has 0 amide bonds. The van der Waals surface area contributed by atoms with Gasteiger partial charge in [0.1, 0.15) is 5.78 Å². The molecule has 0 radical (unpaired) electrons. The smallest absolute Gasteiger partial charge is 0.385 e. The minimum absolute atomic E-state index is 0.318. The van der Waals surface area contributed by atoms with Crippen LogP contribution in [0.5, 0.6) is 0 Å². The monoisotopic (exact) mass is 257 g/mol. The molecule has 0 aromatic heterocycles. The van der Waals surface area contributed by atoms with Gasteiger partial charge in [-0.3, -0.25) is 4.79 Å². The summed E-state index contributed by atoms with van der Waals surface area (Å²) in [6.45, 7) is 0.624. The molecule has 0 spiro atoms. The number of rotatable bonds is 3. The molecule has 1 heterocycles. The van der Waals surface area contributed by atoms with E-state index in [9.17, 15) is 18.0 Å². The molecule has 0 bridgehead atoms. The summed E-state index contributed by atoms with van der Waals surface area (Å²) >= 11 is 0. The molecule has 2 rings (SSSR count). The van der Waals surface area contributed by atoms with Crippen molar-refractivity contribution in [3.05, 3.63) is 29.8 Å². The lowest BCUT2D eigenvalue weighted by Gasteiger charge is -2.25. The maximum absolute atomic E-state index is 12.1. The standard InChI is InChI=1S/C13H14F3NO/c14-13(15,16)7-5-12(18)10-6-8-17-11-4-2-1-3-9(10)11/h1-4,10,17H,5-8H2. The molecule has 1 aromatic carbocycles. The summed E-state index contributed by atoms with van der Waals surface area (Å²) in [6, 6.07) is 7.29. The van der Waals surface area contributed by atoms with E-state index in [0.29, 0.717) is 13.0 Å². The Morgan fingerprint density at radius 3 is 2.78 bits per heavy atom. The molecule has 98 valence electrons. The Hall–Kier alpha value is -1.52. The van der Waals surface area contributed by atoms with Crippen molar-refractivity contribution in [2.75, 3.05) is 11.9 Å². The van der Waals surface area contributed by atoms with Crippen LogP contribution in [0.3, 0.4) is 0 Å². The van der Waals surface area contributed by atoms with Gasteiger partial charge < -0.3 is 5.32 Å². The predicted octanol–water partition coefficient (Wildman–Crippen LogP) is 3.50. The second-order valence-corrected chi connectivity index (χ2v) is 4.44. The lowest BCUT2D eigenvalue weighted by atomic mass is 9.86. The number of carbonyl (C=O) groups excluding carboxylic acids is 1. The van der Waals surface area contributed by atoms with E-state index in [-0.39, 0.29) is 5.78 Å². The maximum atomic E-state index is 12.1. The number of fused-ring (bicyclic) bond motifs is 1. The summed E-state index contributed by atoms with van der Waals surface area (Å²) in [4.78, 5) is 11.9. The first-order valence-corrected chi connectivity index (χ1v) is 5.89. The molecule has 0 saturated heterocycles. The van der Waals surface area contributed by atoms with Crippen LogP contribution in [-0.2, 0) is 4.79 Å². The fourth-order valence-corrected chi connectivity index (χ4v) is 2.24. The average Bonchev–Trinajstić information content (AvgIpc) is 2.34. The van der Waals surface area contributed by atoms with Gasteiger partial charge >= 0.3 is 6.18 Å². The number of Topliss-reactive ketones (excluding diaryl/α,β-unsaturated/α-hetero) is 1. The molecule has 1 aliphatic heterocycles. The highest BCUT2D eigenvalue weighted by Gasteiger charge is 2.31. The molecule has 1 aromatic rings. The largest absolute Gasteiger partial charge is 0.389 e. The Kier molecular flexibility index (Phi) is 3.59. The molecular weight excluding hydrogens is 243 g/mol. The molecule has 1 N–H and O–H groups in total. The van der Waals surface area contributed by atoms with Gasteiger partial charge in [-0.15, -0.1) is 0 Å². The molecule has 0 fully saturated rings. The lowest BCUT2D eigenvalue weighted by molar-refractivity contribution is -0.143. The van der Waals surface area contributed by atoms with E-state index in [2.05, 4.69) is 5.32 Å². The number of para-hydroxylation sites is 1. The first kappa shape index (κ1) is 12.9. The Bertz CT molecular complexity index is 442. The molecule has 1 atom stereocenters. The van der Waals surface area contributed by atoms with Gasteiger partial charge in [-0.25, -0.2) is 0 Å². The first-order chi connectivity index (χ1) is 8.47. The number of benzene rings is 1. The van der Waals surface area contributed by atoms with E-state index in [0.717, 1.165) is 11.3 Å². The topological polar surface area (TPSA) is 29.1 Å². The van der Waals surface area contributed by atoms with Crippen LogP contribution in [0.4, 0.5) is 18.9 Å². The summed E-state index contributed by atoms with van der Waals surface area (Å²) in [6.07, 6.45) is -5.16. The van der Waals surface area contributed by atoms with Gasteiger partial charge in [0, 0.05) is 24.6 Å². The fraction of sp³-hybridized carbons (Fsp3) is 0.462. The van der Waals surface area contributed by atoms with E-state index in [1.165, 1.54) is 0 Å². The Morgan fingerprint density at radius 2 is 2.06 bits per heavy atom. The van der Waals surface area contributed by atoms with Crippen LogP contribution in [0.15, 0.2) is 24.3 Å². The average molecular weight is 257 g/mol.